The van der Waals surface area contributed by atoms with Crippen molar-refractivity contribution in [1.29, 1.82) is 0 Å². The summed E-state index contributed by atoms with van der Waals surface area (Å²) >= 11 is 0. The molecule has 0 radical (unpaired) electrons. The molecular formula is C19H21N3O3. The molecule has 1 heterocycles. The number of likely N-dealkylation sites (N-methyl/N-ethyl adjacent to an activating group) is 1. The van der Waals surface area contributed by atoms with Crippen LogP contribution in [-0.2, 0) is 13.1 Å². The topological polar surface area (TPSA) is 71.5 Å². The van der Waals surface area contributed by atoms with Gasteiger partial charge < -0.3 is 5.11 Å². The third-order valence-electron chi connectivity index (χ3n) is 3.93. The first-order chi connectivity index (χ1) is 12.1. The summed E-state index contributed by atoms with van der Waals surface area (Å²) in [5.41, 5.74) is 1.95. The summed E-state index contributed by atoms with van der Waals surface area (Å²) in [5.74, 6) is -0.140. The van der Waals surface area contributed by atoms with E-state index in [-0.39, 0.29) is 6.54 Å². The Bertz CT molecular complexity index is 843. The molecule has 0 amide bonds. The highest BCUT2D eigenvalue weighted by Gasteiger charge is 2.17. The highest BCUT2D eigenvalue weighted by Crippen LogP contribution is 2.15. The van der Waals surface area contributed by atoms with E-state index in [9.17, 15) is 9.90 Å². The number of aliphatic hydroxyl groups is 1. The van der Waals surface area contributed by atoms with Crippen molar-refractivity contribution in [3.8, 4) is 11.4 Å². The van der Waals surface area contributed by atoms with Crippen LogP contribution in [0.15, 0.2) is 70.0 Å². The summed E-state index contributed by atoms with van der Waals surface area (Å²) in [5, 5.41) is 14.2. The molecule has 130 valence electrons. The molecular weight excluding hydrogens is 318 g/mol. The molecule has 0 saturated heterocycles. The molecule has 3 aromatic rings. The maximum Gasteiger partial charge on any atom is 0.441 e. The number of aliphatic hydroxyl groups excluding tert-OH is 1. The number of nitrogens with zero attached hydrogens (tertiary/aromatic N) is 3. The zero-order valence-electron chi connectivity index (χ0n) is 14.1. The van der Waals surface area contributed by atoms with Gasteiger partial charge in [0, 0.05) is 18.7 Å². The Hall–Kier alpha value is -2.70. The monoisotopic (exact) mass is 339 g/mol. The van der Waals surface area contributed by atoms with Crippen molar-refractivity contribution in [3.05, 3.63) is 76.8 Å². The normalized spacial score (nSPS) is 12.4. The maximum absolute atomic E-state index is 11.9. The summed E-state index contributed by atoms with van der Waals surface area (Å²) in [4.78, 5) is 13.9. The van der Waals surface area contributed by atoms with Gasteiger partial charge in [-0.1, -0.05) is 65.8 Å². The van der Waals surface area contributed by atoms with Crippen molar-refractivity contribution < 1.29 is 9.63 Å². The number of hydrogen-bond acceptors (Lipinski definition) is 5. The van der Waals surface area contributed by atoms with E-state index in [4.69, 9.17) is 4.52 Å². The van der Waals surface area contributed by atoms with Gasteiger partial charge in [0.15, 0.2) is 5.82 Å². The van der Waals surface area contributed by atoms with Crippen molar-refractivity contribution in [2.24, 2.45) is 0 Å². The van der Waals surface area contributed by atoms with Crippen molar-refractivity contribution in [2.75, 3.05) is 13.6 Å². The Kier molecular flexibility index (Phi) is 5.42. The van der Waals surface area contributed by atoms with E-state index in [1.807, 2.05) is 72.6 Å². The number of aromatic nitrogens is 2. The average molecular weight is 339 g/mol. The predicted octanol–water partition coefficient (Wildman–Crippen LogP) is 2.00. The maximum atomic E-state index is 11.9. The molecule has 0 saturated carbocycles. The Labute approximate surface area is 145 Å². The van der Waals surface area contributed by atoms with Crippen LogP contribution in [0, 0.1) is 0 Å². The number of rotatable bonds is 7. The van der Waals surface area contributed by atoms with Gasteiger partial charge in [0.05, 0.1) is 12.6 Å². The number of hydrogen-bond donors (Lipinski definition) is 1. The van der Waals surface area contributed by atoms with E-state index in [0.29, 0.717) is 12.4 Å². The van der Waals surface area contributed by atoms with Gasteiger partial charge in [0.2, 0.25) is 0 Å². The van der Waals surface area contributed by atoms with Crippen LogP contribution in [0.4, 0.5) is 0 Å². The first-order valence-corrected chi connectivity index (χ1v) is 8.16. The van der Waals surface area contributed by atoms with Gasteiger partial charge in [-0.3, -0.25) is 14.0 Å². The second-order valence-corrected chi connectivity index (χ2v) is 6.08. The average Bonchev–Trinajstić information content (AvgIpc) is 2.97. The van der Waals surface area contributed by atoms with Crippen LogP contribution < -0.4 is 5.76 Å². The van der Waals surface area contributed by atoms with E-state index in [1.165, 1.54) is 10.1 Å². The molecule has 0 spiro atoms. The molecule has 6 heteroatoms. The molecule has 1 atom stereocenters. The zero-order valence-corrected chi connectivity index (χ0v) is 14.1. The van der Waals surface area contributed by atoms with Gasteiger partial charge in [0.1, 0.15) is 0 Å². The molecule has 0 fully saturated rings. The van der Waals surface area contributed by atoms with Crippen LogP contribution in [0.2, 0.25) is 0 Å². The van der Waals surface area contributed by atoms with Gasteiger partial charge in [-0.05, 0) is 12.6 Å². The van der Waals surface area contributed by atoms with Crippen molar-refractivity contribution in [1.82, 2.24) is 14.6 Å². The quantitative estimate of drug-likeness (QED) is 0.713. The molecule has 1 N–H and O–H groups in total. The van der Waals surface area contributed by atoms with Gasteiger partial charge >= 0.3 is 5.76 Å². The number of benzene rings is 2. The predicted molar refractivity (Wildman–Crippen MR) is 95.0 cm³/mol. The van der Waals surface area contributed by atoms with Crippen molar-refractivity contribution in [3.63, 3.8) is 0 Å². The van der Waals surface area contributed by atoms with Crippen LogP contribution in [0.3, 0.4) is 0 Å². The molecule has 1 aromatic heterocycles. The molecule has 3 rings (SSSR count). The second-order valence-electron chi connectivity index (χ2n) is 6.08. The van der Waals surface area contributed by atoms with Gasteiger partial charge in [-0.15, -0.1) is 0 Å². The van der Waals surface area contributed by atoms with Crippen LogP contribution in [-0.4, -0.2) is 39.4 Å². The Morgan fingerprint density at radius 3 is 2.44 bits per heavy atom. The molecule has 6 nitrogen and oxygen atoms in total. The fraction of sp³-hybridized carbons (Fsp3) is 0.263. The first-order valence-electron chi connectivity index (χ1n) is 8.16. The Morgan fingerprint density at radius 2 is 1.76 bits per heavy atom. The molecule has 0 bridgehead atoms. The third-order valence-corrected chi connectivity index (χ3v) is 3.93. The lowest BCUT2D eigenvalue weighted by Crippen LogP contribution is -2.34. The van der Waals surface area contributed by atoms with Gasteiger partial charge in [-0.2, -0.15) is 0 Å². The summed E-state index contributed by atoms with van der Waals surface area (Å²) in [6.45, 7) is 1.29. The fourth-order valence-electron chi connectivity index (χ4n) is 2.81. The summed E-state index contributed by atoms with van der Waals surface area (Å²) in [7, 11) is 1.94. The molecule has 0 aliphatic rings. The van der Waals surface area contributed by atoms with Crippen LogP contribution >= 0.6 is 0 Å². The Balaban J connectivity index is 1.66. The smallest absolute Gasteiger partial charge is 0.390 e. The lowest BCUT2D eigenvalue weighted by atomic mass is 10.2. The minimum atomic E-state index is -0.715. The molecule has 0 aliphatic carbocycles. The Morgan fingerprint density at radius 1 is 1.12 bits per heavy atom. The molecule has 25 heavy (non-hydrogen) atoms. The van der Waals surface area contributed by atoms with Crippen molar-refractivity contribution >= 4 is 0 Å². The highest BCUT2D eigenvalue weighted by molar-refractivity contribution is 5.54. The van der Waals surface area contributed by atoms with Crippen LogP contribution in [0.5, 0.6) is 0 Å². The van der Waals surface area contributed by atoms with Gasteiger partial charge in [0.25, 0.3) is 0 Å². The first kappa shape index (κ1) is 17.1. The lowest BCUT2D eigenvalue weighted by molar-refractivity contribution is 0.105. The van der Waals surface area contributed by atoms with Crippen molar-refractivity contribution in [2.45, 2.75) is 19.2 Å². The summed E-state index contributed by atoms with van der Waals surface area (Å²) in [6, 6.07) is 19.4. The fourth-order valence-corrected chi connectivity index (χ4v) is 2.81. The van der Waals surface area contributed by atoms with Crippen LogP contribution in [0.25, 0.3) is 11.4 Å². The SMILES string of the molecule is CN(Cc1ccccc1)CC(O)Cn1c(-c2ccccc2)noc1=O. The van der Waals surface area contributed by atoms with Crippen LogP contribution in [0.1, 0.15) is 5.56 Å². The van der Waals surface area contributed by atoms with E-state index < -0.39 is 11.9 Å². The zero-order chi connectivity index (χ0) is 17.6. The lowest BCUT2D eigenvalue weighted by Gasteiger charge is -2.20. The van der Waals surface area contributed by atoms with E-state index in [2.05, 4.69) is 5.16 Å². The highest BCUT2D eigenvalue weighted by atomic mass is 16.5. The summed E-state index contributed by atoms with van der Waals surface area (Å²) < 4.78 is 6.16. The molecule has 2 aromatic carbocycles. The summed E-state index contributed by atoms with van der Waals surface area (Å²) in [6.07, 6.45) is -0.715. The van der Waals surface area contributed by atoms with Gasteiger partial charge in [-0.25, -0.2) is 4.79 Å². The largest absolute Gasteiger partial charge is 0.441 e. The second kappa shape index (κ2) is 7.92. The van der Waals surface area contributed by atoms with E-state index in [0.717, 1.165) is 12.1 Å². The molecule has 0 aliphatic heterocycles. The standard InChI is InChI=1S/C19H21N3O3/c1-21(12-15-8-4-2-5-9-15)13-17(23)14-22-18(20-25-19(22)24)16-10-6-3-7-11-16/h2-11,17,23H,12-14H2,1H3. The molecule has 1 unspecified atom stereocenters. The minimum absolute atomic E-state index is 0.131. The third kappa shape index (κ3) is 4.43. The minimum Gasteiger partial charge on any atom is -0.390 e. The van der Waals surface area contributed by atoms with E-state index in [1.54, 1.807) is 0 Å². The van der Waals surface area contributed by atoms with E-state index >= 15 is 0 Å².